The molecule has 3 rings (SSSR count). The average Bonchev–Trinajstić information content (AvgIpc) is 2.62. The van der Waals surface area contributed by atoms with Gasteiger partial charge < -0.3 is 41.0 Å². The van der Waals surface area contributed by atoms with Crippen LogP contribution >= 0.6 is 0 Å². The zero-order valence-corrected chi connectivity index (χ0v) is 18.9. The maximum atomic E-state index is 9.34. The van der Waals surface area contributed by atoms with Crippen molar-refractivity contribution < 1.29 is 60.4 Å². The van der Waals surface area contributed by atoms with Crippen LogP contribution in [0, 0.1) is 0 Å². The van der Waals surface area contributed by atoms with Crippen LogP contribution in [0.1, 0.15) is 13.8 Å². The summed E-state index contributed by atoms with van der Waals surface area (Å²) in [5, 5.41) is 36.9. The van der Waals surface area contributed by atoms with Gasteiger partial charge in [0.05, 0.1) is 35.2 Å². The van der Waals surface area contributed by atoms with Gasteiger partial charge in [-0.2, -0.15) is 0 Å². The van der Waals surface area contributed by atoms with Gasteiger partial charge in [-0.3, -0.25) is 9.97 Å². The zero-order valence-electron chi connectivity index (χ0n) is 15.9. The number of carbonyl (C=O) groups excluding carboxylic acids is 2. The third kappa shape index (κ3) is 10.5. The third-order valence-corrected chi connectivity index (χ3v) is 3.03. The van der Waals surface area contributed by atoms with Crippen molar-refractivity contribution in [2.45, 2.75) is 26.1 Å². The van der Waals surface area contributed by atoms with Crippen molar-refractivity contribution in [3.05, 3.63) is 48.8 Å². The summed E-state index contributed by atoms with van der Waals surface area (Å²) in [6.07, 6.45) is 0.919. The van der Waals surface area contributed by atoms with Crippen molar-refractivity contribution in [1.82, 2.24) is 9.97 Å². The molecule has 11 heteroatoms. The fourth-order valence-electron chi connectivity index (χ4n) is 1.68. The number of rotatable bonds is 2. The molecule has 2 atom stereocenters. The maximum Gasteiger partial charge on any atom is 2.00 e. The summed E-state index contributed by atoms with van der Waals surface area (Å²) in [5.74, 6) is -2.87. The molecule has 0 saturated heterocycles. The normalized spacial score (nSPS) is 10.9. The van der Waals surface area contributed by atoms with E-state index < -0.39 is 24.1 Å². The number of carboxylic acids is 2. The molecule has 154 valence electrons. The number of benzene rings is 1. The van der Waals surface area contributed by atoms with Crippen LogP contribution in [0.3, 0.4) is 0 Å². The Kier molecular flexibility index (Phi) is 16.5. The topological polar surface area (TPSA) is 210 Å². The number of aliphatic hydroxyl groups excluding tert-OH is 2. The van der Waals surface area contributed by atoms with E-state index in [0.29, 0.717) is 0 Å². The molecule has 29 heavy (non-hydrogen) atoms. The molecule has 10 nitrogen and oxygen atoms in total. The molecule has 0 fully saturated rings. The van der Waals surface area contributed by atoms with E-state index in [4.69, 9.17) is 10.2 Å². The quantitative estimate of drug-likeness (QED) is 0.305. The Morgan fingerprint density at radius 1 is 0.793 bits per heavy atom. The number of aliphatic carboxylic acids is 2. The van der Waals surface area contributed by atoms with E-state index in [0.717, 1.165) is 35.7 Å². The molecule has 0 spiro atoms. The number of pyridine rings is 2. The first-order chi connectivity index (χ1) is 12.2. The smallest absolute Gasteiger partial charge is 0.547 e. The van der Waals surface area contributed by atoms with Crippen LogP contribution in [0.15, 0.2) is 48.8 Å². The molecular formula is C18H22N2O8Zn. The molecule has 0 aliphatic heterocycles. The summed E-state index contributed by atoms with van der Waals surface area (Å²) in [7, 11) is 0. The van der Waals surface area contributed by atoms with Gasteiger partial charge >= 0.3 is 19.5 Å². The third-order valence-electron chi connectivity index (χ3n) is 3.03. The summed E-state index contributed by atoms with van der Waals surface area (Å²) in [6, 6.07) is 12.1. The predicted octanol–water partition coefficient (Wildman–Crippen LogP) is -2.63. The Hall–Kier alpha value is -2.56. The minimum absolute atomic E-state index is 0. The van der Waals surface area contributed by atoms with Gasteiger partial charge in [0, 0.05) is 23.2 Å². The Labute approximate surface area is 179 Å². The van der Waals surface area contributed by atoms with Crippen LogP contribution in [0.25, 0.3) is 21.8 Å². The van der Waals surface area contributed by atoms with Gasteiger partial charge in [-0.1, -0.05) is 24.3 Å². The van der Waals surface area contributed by atoms with Gasteiger partial charge in [0.25, 0.3) is 0 Å². The van der Waals surface area contributed by atoms with Gasteiger partial charge in [-0.05, 0) is 26.0 Å². The van der Waals surface area contributed by atoms with Crippen LogP contribution in [0.4, 0.5) is 0 Å². The summed E-state index contributed by atoms with van der Waals surface area (Å²) < 4.78 is 0. The van der Waals surface area contributed by atoms with Crippen molar-refractivity contribution in [3.8, 4) is 0 Å². The van der Waals surface area contributed by atoms with E-state index in [1.54, 1.807) is 12.4 Å². The largest absolute Gasteiger partial charge is 2.00 e. The first-order valence-corrected chi connectivity index (χ1v) is 7.60. The number of aromatic nitrogens is 2. The monoisotopic (exact) mass is 458 g/mol. The summed E-state index contributed by atoms with van der Waals surface area (Å²) in [5.41, 5.74) is 1.95. The first kappa shape index (κ1) is 31.1. The number of fused-ring (bicyclic) bond motifs is 3. The fourth-order valence-corrected chi connectivity index (χ4v) is 1.68. The Morgan fingerprint density at radius 2 is 1.07 bits per heavy atom. The van der Waals surface area contributed by atoms with Gasteiger partial charge in [-0.15, -0.1) is 0 Å². The van der Waals surface area contributed by atoms with E-state index >= 15 is 0 Å². The van der Waals surface area contributed by atoms with Crippen LogP contribution < -0.4 is 10.2 Å². The molecule has 0 radical (unpaired) electrons. The van der Waals surface area contributed by atoms with Gasteiger partial charge in [0.1, 0.15) is 0 Å². The number of hydrogen-bond donors (Lipinski definition) is 2. The number of carboxylic acid groups (broad SMARTS) is 2. The van der Waals surface area contributed by atoms with Gasteiger partial charge in [0.15, 0.2) is 0 Å². The van der Waals surface area contributed by atoms with Gasteiger partial charge in [0.2, 0.25) is 0 Å². The van der Waals surface area contributed by atoms with Gasteiger partial charge in [-0.25, -0.2) is 0 Å². The summed E-state index contributed by atoms with van der Waals surface area (Å²) >= 11 is 0. The molecule has 1 aromatic carbocycles. The minimum Gasteiger partial charge on any atom is -0.547 e. The van der Waals surface area contributed by atoms with Crippen LogP contribution in [-0.2, 0) is 29.1 Å². The molecular weight excluding hydrogens is 438 g/mol. The SMILES string of the molecule is C[C@@H](O)C(=O)[O-].C[C@@H](O)C(=O)[O-].O.O.[Zn+2].c1cnc2c(c1)ccc1cccnc12. The number of hydrogen-bond acceptors (Lipinski definition) is 8. The molecule has 0 bridgehead atoms. The second-order valence-electron chi connectivity index (χ2n) is 5.21. The van der Waals surface area contributed by atoms with Crippen molar-refractivity contribution in [2.24, 2.45) is 0 Å². The molecule has 6 N–H and O–H groups in total. The van der Waals surface area contributed by atoms with E-state index in [1.165, 1.54) is 0 Å². The predicted molar refractivity (Wildman–Crippen MR) is 97.6 cm³/mol. The molecule has 2 heterocycles. The van der Waals surface area contributed by atoms with Crippen molar-refractivity contribution in [3.63, 3.8) is 0 Å². The average molecular weight is 460 g/mol. The molecule has 0 amide bonds. The van der Waals surface area contributed by atoms with E-state index in [1.807, 2.05) is 12.1 Å². The number of aliphatic hydroxyl groups is 2. The van der Waals surface area contributed by atoms with E-state index in [-0.39, 0.29) is 30.4 Å². The van der Waals surface area contributed by atoms with Crippen molar-refractivity contribution >= 4 is 33.7 Å². The second kappa shape index (κ2) is 15.4. The number of carbonyl (C=O) groups is 2. The molecule has 0 saturated carbocycles. The maximum absolute atomic E-state index is 9.34. The minimum atomic E-state index is -1.44. The molecule has 3 aromatic rings. The Balaban J connectivity index is -0.000000390. The molecule has 2 aromatic heterocycles. The van der Waals surface area contributed by atoms with Crippen LogP contribution in [0.2, 0.25) is 0 Å². The Morgan fingerprint density at radius 3 is 1.31 bits per heavy atom. The van der Waals surface area contributed by atoms with Crippen molar-refractivity contribution in [2.75, 3.05) is 0 Å². The summed E-state index contributed by atoms with van der Waals surface area (Å²) in [6.45, 7) is 2.27. The van der Waals surface area contributed by atoms with Crippen LogP contribution in [0.5, 0.6) is 0 Å². The summed E-state index contributed by atoms with van der Waals surface area (Å²) in [4.78, 5) is 27.4. The molecule has 0 aliphatic carbocycles. The molecule has 0 unspecified atom stereocenters. The van der Waals surface area contributed by atoms with Crippen molar-refractivity contribution in [1.29, 1.82) is 0 Å². The first-order valence-electron chi connectivity index (χ1n) is 7.60. The fraction of sp³-hybridized carbons (Fsp3) is 0.222. The second-order valence-corrected chi connectivity index (χ2v) is 5.21. The van der Waals surface area contributed by atoms with E-state index in [2.05, 4.69) is 34.2 Å². The van der Waals surface area contributed by atoms with E-state index in [9.17, 15) is 19.8 Å². The Bertz CT molecular complexity index is 817. The van der Waals surface area contributed by atoms with Crippen LogP contribution in [-0.4, -0.2) is 55.3 Å². The number of nitrogens with zero attached hydrogens (tertiary/aromatic N) is 2. The molecule has 0 aliphatic rings. The zero-order chi connectivity index (χ0) is 19.7. The standard InChI is InChI=1S/C12H8N2.2C3H6O3.2H2O.Zn/c1-3-9-5-6-10-4-2-8-14-12(10)11(9)13-7-1;2*1-2(4)3(5)6;;;/h1-8H;2*2,4H,1H3,(H,5,6);2*1H2;/q;;;;;+2/p-2/t;2*2-;;;/m.11.../s1.